The van der Waals surface area contributed by atoms with Gasteiger partial charge in [-0.1, -0.05) is 47.6 Å². The number of pyridine rings is 1. The summed E-state index contributed by atoms with van der Waals surface area (Å²) < 4.78 is 1.71. The van der Waals surface area contributed by atoms with E-state index in [0.29, 0.717) is 29.9 Å². The van der Waals surface area contributed by atoms with Crippen molar-refractivity contribution in [2.75, 3.05) is 6.54 Å². The van der Waals surface area contributed by atoms with Gasteiger partial charge in [-0.3, -0.25) is 9.59 Å². The largest absolute Gasteiger partial charge is 0.356 e. The molecule has 6 heteroatoms. The van der Waals surface area contributed by atoms with Crippen LogP contribution in [0.15, 0.2) is 30.6 Å². The number of nitrogens with one attached hydrogen (secondary N) is 2. The predicted octanol–water partition coefficient (Wildman–Crippen LogP) is 3.52. The van der Waals surface area contributed by atoms with Crippen molar-refractivity contribution in [2.45, 2.75) is 54.0 Å². The van der Waals surface area contributed by atoms with Gasteiger partial charge in [0.15, 0.2) is 0 Å². The first kappa shape index (κ1) is 21.3. The van der Waals surface area contributed by atoms with Crippen LogP contribution in [-0.4, -0.2) is 34.0 Å². The number of hydrogen-bond donors (Lipinski definition) is 2. The van der Waals surface area contributed by atoms with E-state index in [2.05, 4.69) is 57.3 Å². The highest BCUT2D eigenvalue weighted by atomic mass is 16.2. The van der Waals surface area contributed by atoms with Crippen LogP contribution in [0.1, 0.15) is 58.3 Å². The summed E-state index contributed by atoms with van der Waals surface area (Å²) in [5, 5.41) is 10.6. The zero-order valence-corrected chi connectivity index (χ0v) is 18.4. The lowest BCUT2D eigenvalue weighted by Crippen LogP contribution is -2.61. The van der Waals surface area contributed by atoms with Gasteiger partial charge in [0.05, 0.1) is 17.3 Å². The lowest BCUT2D eigenvalue weighted by atomic mass is 9.58. The minimum atomic E-state index is -0.0913. The van der Waals surface area contributed by atoms with Gasteiger partial charge < -0.3 is 10.6 Å². The van der Waals surface area contributed by atoms with E-state index in [9.17, 15) is 9.59 Å². The van der Waals surface area contributed by atoms with Gasteiger partial charge >= 0.3 is 0 Å². The maximum absolute atomic E-state index is 12.8. The van der Waals surface area contributed by atoms with Crippen molar-refractivity contribution in [2.24, 2.45) is 29.1 Å². The highest BCUT2D eigenvalue weighted by molar-refractivity contribution is 6.00. The Bertz CT molecular complexity index is 876. The minimum Gasteiger partial charge on any atom is -0.356 e. The monoisotopic (exact) mass is 398 g/mol. The molecule has 0 aliphatic heterocycles. The molecule has 1 saturated carbocycles. The molecule has 0 aromatic carbocycles. The topological polar surface area (TPSA) is 75.5 Å². The molecular formula is C23H34N4O2. The van der Waals surface area contributed by atoms with Gasteiger partial charge in [-0.2, -0.15) is 5.10 Å². The standard InChI is InChI=1S/C23H34N4O2/c1-14(2)20(15(3)4)22(29)24-12-16-11-19(23(16,5)6)26-21(28)17-13-25-27-10-8-7-9-18(17)27/h7-10,13-16,19-20H,11-12H2,1-6H3,(H,24,29)(H,26,28). The molecule has 2 N–H and O–H groups in total. The first-order chi connectivity index (χ1) is 13.6. The van der Waals surface area contributed by atoms with Crippen LogP contribution in [0, 0.1) is 29.1 Å². The Morgan fingerprint density at radius 1 is 1.21 bits per heavy atom. The number of amides is 2. The zero-order chi connectivity index (χ0) is 21.3. The number of rotatable bonds is 7. The molecule has 0 spiro atoms. The number of carbonyl (C=O) groups excluding carboxylic acids is 2. The van der Waals surface area contributed by atoms with Gasteiger partial charge in [0, 0.05) is 24.7 Å². The molecule has 29 heavy (non-hydrogen) atoms. The highest BCUT2D eigenvalue weighted by Gasteiger charge is 2.48. The maximum atomic E-state index is 12.8. The molecule has 2 aromatic rings. The number of aromatic nitrogens is 2. The molecular weight excluding hydrogens is 364 g/mol. The Balaban J connectivity index is 1.57. The van der Waals surface area contributed by atoms with Crippen LogP contribution >= 0.6 is 0 Å². The van der Waals surface area contributed by atoms with Crippen LogP contribution in [-0.2, 0) is 4.79 Å². The Labute approximate surface area is 173 Å². The number of nitrogens with zero attached hydrogens (tertiary/aromatic N) is 2. The van der Waals surface area contributed by atoms with Crippen LogP contribution in [0.4, 0.5) is 0 Å². The molecule has 1 aliphatic rings. The molecule has 0 radical (unpaired) electrons. The summed E-state index contributed by atoms with van der Waals surface area (Å²) in [5.41, 5.74) is 1.33. The van der Waals surface area contributed by atoms with Crippen LogP contribution in [0.5, 0.6) is 0 Å². The molecule has 2 unspecified atom stereocenters. The Morgan fingerprint density at radius 3 is 2.52 bits per heavy atom. The predicted molar refractivity (Wildman–Crippen MR) is 115 cm³/mol. The van der Waals surface area contributed by atoms with Crippen molar-refractivity contribution < 1.29 is 9.59 Å². The molecule has 1 aliphatic carbocycles. The second-order valence-corrected chi connectivity index (χ2v) is 9.63. The number of carbonyl (C=O) groups is 2. The lowest BCUT2D eigenvalue weighted by molar-refractivity contribution is -0.128. The molecule has 2 amide bonds. The Morgan fingerprint density at radius 2 is 1.90 bits per heavy atom. The Kier molecular flexibility index (Phi) is 6.01. The first-order valence-corrected chi connectivity index (χ1v) is 10.6. The quantitative estimate of drug-likeness (QED) is 0.749. The Hall–Kier alpha value is -2.37. The summed E-state index contributed by atoms with van der Waals surface area (Å²) in [6, 6.07) is 5.77. The molecule has 0 saturated heterocycles. The molecule has 158 valence electrons. The van der Waals surface area contributed by atoms with Crippen molar-refractivity contribution in [3.8, 4) is 0 Å². The van der Waals surface area contributed by atoms with Crippen molar-refractivity contribution >= 4 is 17.3 Å². The van der Waals surface area contributed by atoms with E-state index in [1.807, 2.05) is 24.4 Å². The average molecular weight is 399 g/mol. The minimum absolute atomic E-state index is 0.0318. The first-order valence-electron chi connectivity index (χ1n) is 10.6. The summed E-state index contributed by atoms with van der Waals surface area (Å²) >= 11 is 0. The summed E-state index contributed by atoms with van der Waals surface area (Å²) in [5.74, 6) is 1.07. The molecule has 1 fully saturated rings. The fourth-order valence-corrected chi connectivity index (χ4v) is 4.67. The number of fused-ring (bicyclic) bond motifs is 1. The van der Waals surface area contributed by atoms with Crippen LogP contribution in [0.25, 0.3) is 5.52 Å². The van der Waals surface area contributed by atoms with Crippen LogP contribution < -0.4 is 10.6 Å². The van der Waals surface area contributed by atoms with Gasteiger partial charge in [0.25, 0.3) is 5.91 Å². The molecule has 2 atom stereocenters. The normalized spacial score (nSPS) is 20.9. The van der Waals surface area contributed by atoms with Crippen molar-refractivity contribution in [1.29, 1.82) is 0 Å². The van der Waals surface area contributed by atoms with E-state index in [4.69, 9.17) is 0 Å². The summed E-state index contributed by atoms with van der Waals surface area (Å²) in [6.45, 7) is 13.4. The van der Waals surface area contributed by atoms with Gasteiger partial charge in [-0.25, -0.2) is 4.52 Å². The second-order valence-electron chi connectivity index (χ2n) is 9.63. The summed E-state index contributed by atoms with van der Waals surface area (Å²) in [4.78, 5) is 25.4. The van der Waals surface area contributed by atoms with Crippen molar-refractivity contribution in [3.63, 3.8) is 0 Å². The van der Waals surface area contributed by atoms with Gasteiger partial charge in [-0.05, 0) is 41.7 Å². The third-order valence-electron chi connectivity index (χ3n) is 6.71. The fraction of sp³-hybridized carbons (Fsp3) is 0.609. The van der Waals surface area contributed by atoms with Gasteiger partial charge in [-0.15, -0.1) is 0 Å². The van der Waals surface area contributed by atoms with E-state index in [0.717, 1.165) is 11.9 Å². The molecule has 6 nitrogen and oxygen atoms in total. The fourth-order valence-electron chi connectivity index (χ4n) is 4.67. The molecule has 3 rings (SSSR count). The average Bonchev–Trinajstić information content (AvgIpc) is 3.07. The third kappa shape index (κ3) is 4.16. The van der Waals surface area contributed by atoms with Gasteiger partial charge in [0.1, 0.15) is 0 Å². The van der Waals surface area contributed by atoms with Crippen LogP contribution in [0.3, 0.4) is 0 Å². The van der Waals surface area contributed by atoms with E-state index in [1.54, 1.807) is 10.7 Å². The molecule has 2 heterocycles. The van der Waals surface area contributed by atoms with E-state index in [-0.39, 0.29) is 29.2 Å². The smallest absolute Gasteiger partial charge is 0.255 e. The van der Waals surface area contributed by atoms with Crippen molar-refractivity contribution in [1.82, 2.24) is 20.2 Å². The van der Waals surface area contributed by atoms with E-state index in [1.165, 1.54) is 0 Å². The SMILES string of the molecule is CC(C)C(C(=O)NCC1CC(NC(=O)c2cnn3ccccc23)C1(C)C)C(C)C. The van der Waals surface area contributed by atoms with E-state index >= 15 is 0 Å². The molecule has 0 bridgehead atoms. The van der Waals surface area contributed by atoms with Crippen LogP contribution in [0.2, 0.25) is 0 Å². The highest BCUT2D eigenvalue weighted by Crippen LogP contribution is 2.46. The summed E-state index contributed by atoms with van der Waals surface area (Å²) in [7, 11) is 0. The molecule has 2 aromatic heterocycles. The third-order valence-corrected chi connectivity index (χ3v) is 6.71. The van der Waals surface area contributed by atoms with E-state index < -0.39 is 0 Å². The second kappa shape index (κ2) is 8.17. The maximum Gasteiger partial charge on any atom is 0.255 e. The number of hydrogen-bond acceptors (Lipinski definition) is 3. The van der Waals surface area contributed by atoms with Gasteiger partial charge in [0.2, 0.25) is 5.91 Å². The summed E-state index contributed by atoms with van der Waals surface area (Å²) in [6.07, 6.45) is 4.32. The zero-order valence-electron chi connectivity index (χ0n) is 18.4. The van der Waals surface area contributed by atoms with Crippen molar-refractivity contribution in [3.05, 3.63) is 36.2 Å². The lowest BCUT2D eigenvalue weighted by Gasteiger charge is -2.52.